The van der Waals surface area contributed by atoms with Gasteiger partial charge in [-0.1, -0.05) is 0 Å². The van der Waals surface area contributed by atoms with Crippen LogP contribution in [0.15, 0.2) is 4.99 Å². The number of halogens is 1. The Morgan fingerprint density at radius 1 is 1.27 bits per heavy atom. The Labute approximate surface area is 130 Å². The molecule has 0 rings (SSSR count). The average molecular weight is 319 g/mol. The van der Waals surface area contributed by atoms with Crippen LogP contribution in [0.1, 0.15) is 47.0 Å². The molecule has 1 atom stereocenters. The Kier molecular flexibility index (Phi) is 7.83. The number of carbonyl (C=O) groups is 2. The van der Waals surface area contributed by atoms with Crippen LogP contribution in [0.25, 0.3) is 0 Å². The van der Waals surface area contributed by atoms with Gasteiger partial charge in [0.15, 0.2) is 0 Å². The Balaban J connectivity index is 4.45. The Morgan fingerprint density at radius 3 is 2.32 bits per heavy atom. The molecule has 0 saturated carbocycles. The van der Waals surface area contributed by atoms with Gasteiger partial charge in [0.25, 0.3) is 0 Å². The zero-order chi connectivity index (χ0) is 17.4. The molecule has 7 nitrogen and oxygen atoms in total. The van der Waals surface area contributed by atoms with Crippen LogP contribution in [0.3, 0.4) is 0 Å². The molecular formula is C14H26FN3O4. The number of aliphatic imine (C=N–C) groups is 1. The maximum Gasteiger partial charge on any atom is 0.408 e. The Hall–Kier alpha value is -1.86. The minimum Gasteiger partial charge on any atom is -0.480 e. The SMILES string of the molecule is CC(C)(C)OC(=O)NC(C)(CCCCN=C(N)CF)C(=O)O. The van der Waals surface area contributed by atoms with Crippen molar-refractivity contribution < 1.29 is 23.8 Å². The second-order valence-electron chi connectivity index (χ2n) is 6.23. The van der Waals surface area contributed by atoms with Crippen LogP contribution in [0.4, 0.5) is 9.18 Å². The van der Waals surface area contributed by atoms with Crippen molar-refractivity contribution in [2.24, 2.45) is 10.7 Å². The van der Waals surface area contributed by atoms with Gasteiger partial charge in [0, 0.05) is 6.54 Å². The summed E-state index contributed by atoms with van der Waals surface area (Å²) in [6, 6.07) is 0. The van der Waals surface area contributed by atoms with E-state index in [9.17, 15) is 19.1 Å². The molecule has 0 radical (unpaired) electrons. The van der Waals surface area contributed by atoms with E-state index in [-0.39, 0.29) is 12.3 Å². The van der Waals surface area contributed by atoms with Gasteiger partial charge in [0.2, 0.25) is 0 Å². The van der Waals surface area contributed by atoms with E-state index >= 15 is 0 Å². The summed E-state index contributed by atoms with van der Waals surface area (Å²) in [4.78, 5) is 26.9. The monoisotopic (exact) mass is 319 g/mol. The largest absolute Gasteiger partial charge is 0.480 e. The molecule has 0 bridgehead atoms. The molecule has 0 spiro atoms. The lowest BCUT2D eigenvalue weighted by Gasteiger charge is -2.28. The van der Waals surface area contributed by atoms with Gasteiger partial charge in [-0.2, -0.15) is 0 Å². The number of carboxylic acid groups (broad SMARTS) is 1. The summed E-state index contributed by atoms with van der Waals surface area (Å²) in [6.45, 7) is 6.01. The van der Waals surface area contributed by atoms with Crippen LogP contribution in [-0.4, -0.2) is 47.4 Å². The maximum absolute atomic E-state index is 12.1. The van der Waals surface area contributed by atoms with Crippen molar-refractivity contribution in [3.05, 3.63) is 0 Å². The molecule has 4 N–H and O–H groups in total. The topological polar surface area (TPSA) is 114 Å². The summed E-state index contributed by atoms with van der Waals surface area (Å²) in [5.41, 5.74) is 3.08. The third-order valence-corrected chi connectivity index (χ3v) is 2.79. The first kappa shape index (κ1) is 20.1. The van der Waals surface area contributed by atoms with Crippen molar-refractivity contribution in [3.63, 3.8) is 0 Å². The normalized spacial score (nSPS) is 15.0. The molecule has 0 aliphatic heterocycles. The minimum atomic E-state index is -1.43. The lowest BCUT2D eigenvalue weighted by molar-refractivity contribution is -0.144. The molecule has 8 heteroatoms. The average Bonchev–Trinajstić information content (AvgIpc) is 2.35. The van der Waals surface area contributed by atoms with Gasteiger partial charge in [-0.25, -0.2) is 14.0 Å². The summed E-state index contributed by atoms with van der Waals surface area (Å²) in [6.07, 6.45) is 0.450. The number of aliphatic carboxylic acids is 1. The van der Waals surface area contributed by atoms with E-state index < -0.39 is 29.9 Å². The number of carbonyl (C=O) groups excluding carboxylic acids is 1. The summed E-state index contributed by atoms with van der Waals surface area (Å²) < 4.78 is 17.1. The van der Waals surface area contributed by atoms with E-state index in [4.69, 9.17) is 10.5 Å². The molecule has 128 valence electrons. The molecule has 0 aliphatic carbocycles. The van der Waals surface area contributed by atoms with Crippen LogP contribution >= 0.6 is 0 Å². The molecular weight excluding hydrogens is 293 g/mol. The van der Waals surface area contributed by atoms with Gasteiger partial charge in [0.1, 0.15) is 23.7 Å². The first-order chi connectivity index (χ1) is 10.00. The predicted octanol–water partition coefficient (Wildman–Crippen LogP) is 1.85. The highest BCUT2D eigenvalue weighted by Gasteiger charge is 2.35. The van der Waals surface area contributed by atoms with Crippen molar-refractivity contribution in [2.75, 3.05) is 13.2 Å². The van der Waals surface area contributed by atoms with Crippen LogP contribution in [-0.2, 0) is 9.53 Å². The smallest absolute Gasteiger partial charge is 0.408 e. The van der Waals surface area contributed by atoms with Crippen LogP contribution in [0, 0.1) is 0 Å². The number of nitrogens with one attached hydrogen (secondary N) is 1. The van der Waals surface area contributed by atoms with Crippen molar-refractivity contribution in [3.8, 4) is 0 Å². The molecule has 0 aromatic carbocycles. The fourth-order valence-corrected chi connectivity index (χ4v) is 1.61. The number of amides is 1. The van der Waals surface area contributed by atoms with Crippen molar-refractivity contribution in [1.29, 1.82) is 0 Å². The molecule has 1 amide bonds. The fourth-order valence-electron chi connectivity index (χ4n) is 1.61. The number of alkyl carbamates (subject to hydrolysis) is 1. The standard InChI is InChI=1S/C14H26FN3O4/c1-13(2,3)22-12(21)18-14(4,11(19)20)7-5-6-8-17-10(16)9-15/h5-9H2,1-4H3,(H2,16,17)(H,18,21)(H,19,20). The van der Waals surface area contributed by atoms with Crippen LogP contribution in [0.5, 0.6) is 0 Å². The molecule has 0 saturated heterocycles. The van der Waals surface area contributed by atoms with E-state index in [2.05, 4.69) is 10.3 Å². The fraction of sp³-hybridized carbons (Fsp3) is 0.786. The van der Waals surface area contributed by atoms with Crippen LogP contribution < -0.4 is 11.1 Å². The highest BCUT2D eigenvalue weighted by molar-refractivity contribution is 5.84. The molecule has 0 fully saturated rings. The predicted molar refractivity (Wildman–Crippen MR) is 81.7 cm³/mol. The number of rotatable bonds is 8. The maximum atomic E-state index is 12.1. The minimum absolute atomic E-state index is 0.0760. The lowest BCUT2D eigenvalue weighted by atomic mass is 9.95. The zero-order valence-corrected chi connectivity index (χ0v) is 13.6. The zero-order valence-electron chi connectivity index (χ0n) is 13.6. The number of carboxylic acids is 1. The molecule has 0 aromatic rings. The highest BCUT2D eigenvalue weighted by Crippen LogP contribution is 2.16. The van der Waals surface area contributed by atoms with Crippen molar-refractivity contribution in [2.45, 2.75) is 58.1 Å². The number of hydrogen-bond donors (Lipinski definition) is 3. The number of nitrogens with two attached hydrogens (primary N) is 1. The summed E-state index contributed by atoms with van der Waals surface area (Å²) in [5.74, 6) is -1.22. The highest BCUT2D eigenvalue weighted by atomic mass is 19.1. The second-order valence-corrected chi connectivity index (χ2v) is 6.23. The Bertz CT molecular complexity index is 421. The van der Waals surface area contributed by atoms with Crippen molar-refractivity contribution in [1.82, 2.24) is 5.32 Å². The number of hydrogen-bond acceptors (Lipinski definition) is 4. The second kappa shape index (κ2) is 8.55. The summed E-state index contributed by atoms with van der Waals surface area (Å²) >= 11 is 0. The first-order valence-electron chi connectivity index (χ1n) is 7.09. The number of unbranched alkanes of at least 4 members (excludes halogenated alkanes) is 1. The third-order valence-electron chi connectivity index (χ3n) is 2.79. The third kappa shape index (κ3) is 8.43. The van der Waals surface area contributed by atoms with E-state index in [0.717, 1.165) is 0 Å². The van der Waals surface area contributed by atoms with E-state index in [1.165, 1.54) is 6.92 Å². The van der Waals surface area contributed by atoms with E-state index in [0.29, 0.717) is 19.4 Å². The molecule has 0 heterocycles. The van der Waals surface area contributed by atoms with Crippen molar-refractivity contribution >= 4 is 17.9 Å². The molecule has 1 unspecified atom stereocenters. The van der Waals surface area contributed by atoms with E-state index in [1.54, 1.807) is 20.8 Å². The number of amidine groups is 1. The number of ether oxygens (including phenoxy) is 1. The molecule has 0 aromatic heterocycles. The van der Waals surface area contributed by atoms with Gasteiger partial charge in [0.05, 0.1) is 0 Å². The van der Waals surface area contributed by atoms with Gasteiger partial charge < -0.3 is 20.9 Å². The van der Waals surface area contributed by atoms with Gasteiger partial charge in [-0.3, -0.25) is 4.99 Å². The number of alkyl halides is 1. The van der Waals surface area contributed by atoms with Gasteiger partial charge >= 0.3 is 12.1 Å². The summed E-state index contributed by atoms with van der Waals surface area (Å²) in [7, 11) is 0. The van der Waals surface area contributed by atoms with Crippen LogP contribution in [0.2, 0.25) is 0 Å². The molecule has 0 aliphatic rings. The molecule has 22 heavy (non-hydrogen) atoms. The van der Waals surface area contributed by atoms with Gasteiger partial charge in [-0.05, 0) is 47.0 Å². The summed E-state index contributed by atoms with van der Waals surface area (Å²) in [5, 5.41) is 11.7. The lowest BCUT2D eigenvalue weighted by Crippen LogP contribution is -2.53. The Morgan fingerprint density at radius 2 is 1.86 bits per heavy atom. The first-order valence-corrected chi connectivity index (χ1v) is 7.09. The quantitative estimate of drug-likeness (QED) is 0.359. The van der Waals surface area contributed by atoms with Gasteiger partial charge in [-0.15, -0.1) is 0 Å². The van der Waals surface area contributed by atoms with E-state index in [1.807, 2.05) is 0 Å². The number of nitrogens with zero attached hydrogens (tertiary/aromatic N) is 1.